The van der Waals surface area contributed by atoms with Gasteiger partial charge in [-0.2, -0.15) is 5.10 Å². The highest BCUT2D eigenvalue weighted by atomic mass is 19.1. The van der Waals surface area contributed by atoms with Gasteiger partial charge in [-0.1, -0.05) is 6.92 Å². The minimum atomic E-state index is -0.336. The molecule has 0 saturated carbocycles. The summed E-state index contributed by atoms with van der Waals surface area (Å²) in [6.45, 7) is 6.03. The van der Waals surface area contributed by atoms with E-state index in [9.17, 15) is 14.3 Å². The summed E-state index contributed by atoms with van der Waals surface area (Å²) in [5.74, 6) is -0.774. The lowest BCUT2D eigenvalue weighted by molar-refractivity contribution is 0.0682. The van der Waals surface area contributed by atoms with E-state index in [1.54, 1.807) is 17.9 Å². The molecule has 1 unspecified atom stereocenters. The van der Waals surface area contributed by atoms with E-state index in [0.717, 1.165) is 25.9 Å². The lowest BCUT2D eigenvalue weighted by Gasteiger charge is -2.27. The Morgan fingerprint density at radius 3 is 2.96 bits per heavy atom. The van der Waals surface area contributed by atoms with Gasteiger partial charge in [0.25, 0.3) is 5.91 Å². The molecule has 2 N–H and O–H groups in total. The number of nitrogens with zero attached hydrogens (tertiary/aromatic N) is 3. The Hall–Kier alpha value is -2.41. The molecule has 134 valence electrons. The zero-order valence-corrected chi connectivity index (χ0v) is 14.5. The van der Waals surface area contributed by atoms with E-state index in [-0.39, 0.29) is 29.2 Å². The number of nitrogens with one attached hydrogen (secondary N) is 1. The van der Waals surface area contributed by atoms with Gasteiger partial charge in [0.1, 0.15) is 5.82 Å². The Kier molecular flexibility index (Phi) is 5.03. The number of hydrogen-bond donors (Lipinski definition) is 2. The molecule has 1 atom stereocenters. The third-order valence-corrected chi connectivity index (χ3v) is 4.50. The molecule has 1 aliphatic heterocycles. The molecule has 0 radical (unpaired) electrons. The molecule has 1 aliphatic rings. The van der Waals surface area contributed by atoms with E-state index in [4.69, 9.17) is 0 Å². The van der Waals surface area contributed by atoms with Gasteiger partial charge in [0, 0.05) is 19.1 Å². The normalized spacial score (nSPS) is 17.0. The fourth-order valence-corrected chi connectivity index (χ4v) is 3.25. The van der Waals surface area contributed by atoms with E-state index >= 15 is 0 Å². The van der Waals surface area contributed by atoms with E-state index in [1.807, 2.05) is 6.92 Å². The predicted molar refractivity (Wildman–Crippen MR) is 92.5 cm³/mol. The number of benzene rings is 1. The molecular weight excluding hydrogens is 323 g/mol. The molecule has 0 bridgehead atoms. The van der Waals surface area contributed by atoms with Crippen molar-refractivity contribution in [2.75, 3.05) is 19.6 Å². The standard InChI is InChI=1S/C18H23FN4O2/c1-3-8-22(14-6-7-20-10-14)18(25)17-16(24)11-23(21-17)15-5-4-13(19)9-12(15)2/h4-5,9,11,14,20,24H,3,6-8,10H2,1-2H3. The molecule has 1 aromatic carbocycles. The molecular formula is C18H23FN4O2. The molecule has 7 heteroatoms. The number of rotatable bonds is 5. The van der Waals surface area contributed by atoms with Gasteiger partial charge in [-0.3, -0.25) is 4.79 Å². The van der Waals surface area contributed by atoms with E-state index < -0.39 is 0 Å². The molecule has 1 aromatic heterocycles. The Morgan fingerprint density at radius 1 is 1.52 bits per heavy atom. The quantitative estimate of drug-likeness (QED) is 0.871. The van der Waals surface area contributed by atoms with Crippen LogP contribution in [0, 0.1) is 12.7 Å². The van der Waals surface area contributed by atoms with Gasteiger partial charge in [-0.05, 0) is 50.1 Å². The summed E-state index contributed by atoms with van der Waals surface area (Å²) in [7, 11) is 0. The minimum absolute atomic E-state index is 0.0316. The van der Waals surface area contributed by atoms with Crippen molar-refractivity contribution < 1.29 is 14.3 Å². The van der Waals surface area contributed by atoms with Gasteiger partial charge >= 0.3 is 0 Å². The lowest BCUT2D eigenvalue weighted by Crippen LogP contribution is -2.42. The Balaban J connectivity index is 1.91. The second-order valence-corrected chi connectivity index (χ2v) is 6.38. The average Bonchev–Trinajstić information content (AvgIpc) is 3.22. The smallest absolute Gasteiger partial charge is 0.278 e. The van der Waals surface area contributed by atoms with Crippen LogP contribution in [0.2, 0.25) is 0 Å². The van der Waals surface area contributed by atoms with Crippen LogP contribution < -0.4 is 5.32 Å². The zero-order chi connectivity index (χ0) is 18.0. The molecule has 6 nitrogen and oxygen atoms in total. The molecule has 2 heterocycles. The lowest BCUT2D eigenvalue weighted by atomic mass is 10.2. The maximum absolute atomic E-state index is 13.3. The van der Waals surface area contributed by atoms with Crippen molar-refractivity contribution in [2.45, 2.75) is 32.7 Å². The van der Waals surface area contributed by atoms with Gasteiger partial charge in [0.05, 0.1) is 11.9 Å². The molecule has 1 saturated heterocycles. The van der Waals surface area contributed by atoms with Gasteiger partial charge in [0.2, 0.25) is 0 Å². The van der Waals surface area contributed by atoms with Crippen LogP contribution in [0.15, 0.2) is 24.4 Å². The van der Waals surface area contributed by atoms with Crippen molar-refractivity contribution in [1.82, 2.24) is 20.0 Å². The summed E-state index contributed by atoms with van der Waals surface area (Å²) >= 11 is 0. The topological polar surface area (TPSA) is 70.4 Å². The molecule has 1 amide bonds. The molecule has 0 spiro atoms. The van der Waals surface area contributed by atoms with E-state index in [2.05, 4.69) is 10.4 Å². The highest BCUT2D eigenvalue weighted by molar-refractivity contribution is 5.95. The maximum atomic E-state index is 13.3. The summed E-state index contributed by atoms with van der Waals surface area (Å²) in [4.78, 5) is 14.7. The molecule has 1 fully saturated rings. The first-order chi connectivity index (χ1) is 12.0. The van der Waals surface area contributed by atoms with Crippen LogP contribution in [-0.4, -0.2) is 51.4 Å². The first kappa shape index (κ1) is 17.4. The number of amides is 1. The minimum Gasteiger partial charge on any atom is -0.504 e. The Bertz CT molecular complexity index is 768. The first-order valence-corrected chi connectivity index (χ1v) is 8.58. The average molecular weight is 346 g/mol. The third kappa shape index (κ3) is 3.51. The van der Waals surface area contributed by atoms with Crippen LogP contribution in [0.1, 0.15) is 35.8 Å². The second kappa shape index (κ2) is 7.23. The SMILES string of the molecule is CCCN(C(=O)c1nn(-c2ccc(F)cc2C)cc1O)C1CCNC1. The fourth-order valence-electron chi connectivity index (χ4n) is 3.25. The summed E-state index contributed by atoms with van der Waals surface area (Å²) in [5, 5.41) is 17.8. The van der Waals surface area contributed by atoms with Crippen LogP contribution >= 0.6 is 0 Å². The summed E-state index contributed by atoms with van der Waals surface area (Å²) in [6, 6.07) is 4.42. The highest BCUT2D eigenvalue weighted by Crippen LogP contribution is 2.23. The number of carbonyl (C=O) groups excluding carboxylic acids is 1. The van der Waals surface area contributed by atoms with E-state index in [1.165, 1.54) is 23.0 Å². The number of aryl methyl sites for hydroxylation is 1. The number of aromatic hydroxyl groups is 1. The number of halogens is 1. The van der Waals surface area contributed by atoms with Gasteiger partial charge < -0.3 is 15.3 Å². The largest absolute Gasteiger partial charge is 0.504 e. The van der Waals surface area contributed by atoms with Crippen LogP contribution in [0.5, 0.6) is 5.75 Å². The van der Waals surface area contributed by atoms with Crippen LogP contribution in [0.4, 0.5) is 4.39 Å². The zero-order valence-electron chi connectivity index (χ0n) is 14.5. The van der Waals surface area contributed by atoms with Gasteiger partial charge in [-0.15, -0.1) is 0 Å². The Morgan fingerprint density at radius 2 is 2.32 bits per heavy atom. The predicted octanol–water partition coefficient (Wildman–Crippen LogP) is 2.24. The first-order valence-electron chi connectivity index (χ1n) is 8.58. The van der Waals surface area contributed by atoms with Crippen LogP contribution in [0.3, 0.4) is 0 Å². The second-order valence-electron chi connectivity index (χ2n) is 6.38. The Labute approximate surface area is 146 Å². The van der Waals surface area contributed by atoms with Crippen LogP contribution in [-0.2, 0) is 0 Å². The highest BCUT2D eigenvalue weighted by Gasteiger charge is 2.30. The third-order valence-electron chi connectivity index (χ3n) is 4.50. The molecule has 2 aromatic rings. The van der Waals surface area contributed by atoms with Crippen molar-refractivity contribution in [1.29, 1.82) is 0 Å². The van der Waals surface area contributed by atoms with Crippen molar-refractivity contribution in [3.8, 4) is 11.4 Å². The van der Waals surface area contributed by atoms with Crippen molar-refractivity contribution in [2.24, 2.45) is 0 Å². The summed E-state index contributed by atoms with van der Waals surface area (Å²) in [5.41, 5.74) is 1.33. The fraction of sp³-hybridized carbons (Fsp3) is 0.444. The maximum Gasteiger partial charge on any atom is 0.278 e. The monoisotopic (exact) mass is 346 g/mol. The van der Waals surface area contributed by atoms with Crippen molar-refractivity contribution in [3.63, 3.8) is 0 Å². The number of hydrogen-bond acceptors (Lipinski definition) is 4. The summed E-state index contributed by atoms with van der Waals surface area (Å²) < 4.78 is 14.7. The number of carbonyl (C=O) groups is 1. The van der Waals surface area contributed by atoms with E-state index in [0.29, 0.717) is 17.8 Å². The molecule has 3 rings (SSSR count). The molecule has 25 heavy (non-hydrogen) atoms. The van der Waals surface area contributed by atoms with Crippen molar-refractivity contribution >= 4 is 5.91 Å². The van der Waals surface area contributed by atoms with Crippen LogP contribution in [0.25, 0.3) is 5.69 Å². The van der Waals surface area contributed by atoms with Gasteiger partial charge in [-0.25, -0.2) is 9.07 Å². The molecule has 0 aliphatic carbocycles. The summed E-state index contributed by atoms with van der Waals surface area (Å²) in [6.07, 6.45) is 3.12. The number of aromatic nitrogens is 2. The van der Waals surface area contributed by atoms with Crippen molar-refractivity contribution in [3.05, 3.63) is 41.5 Å². The van der Waals surface area contributed by atoms with Gasteiger partial charge in [0.15, 0.2) is 11.4 Å².